The molecule has 1 aliphatic heterocycles. The van der Waals surface area contributed by atoms with Crippen LogP contribution >= 0.6 is 0 Å². The highest BCUT2D eigenvalue weighted by atomic mass is 16.5. The molecule has 1 fully saturated rings. The average Bonchev–Trinajstić information content (AvgIpc) is 2.56. The molecular formula is C16H16N4O2. The molecule has 0 bridgehead atoms. The SMILES string of the molecule is O=c1[nH]c2ncnc(CN3CCOCC3)c2c2ccccc12. The molecule has 2 aromatic heterocycles. The number of hydrogen-bond donors (Lipinski definition) is 1. The Morgan fingerprint density at radius 1 is 1.14 bits per heavy atom. The molecule has 1 aromatic carbocycles. The summed E-state index contributed by atoms with van der Waals surface area (Å²) in [5, 5.41) is 2.52. The first-order valence-electron chi connectivity index (χ1n) is 7.37. The standard InChI is InChI=1S/C16H16N4O2/c21-16-12-4-2-1-3-11(12)14-13(17-10-18-15(14)19-16)9-20-5-7-22-8-6-20/h1-4,10H,5-9H2,(H,17,18,19,21). The zero-order chi connectivity index (χ0) is 14.9. The predicted molar refractivity (Wildman–Crippen MR) is 83.8 cm³/mol. The second-order valence-electron chi connectivity index (χ2n) is 5.43. The van der Waals surface area contributed by atoms with Crippen LogP contribution in [0.5, 0.6) is 0 Å². The van der Waals surface area contributed by atoms with Crippen molar-refractivity contribution in [1.82, 2.24) is 19.9 Å². The maximum Gasteiger partial charge on any atom is 0.257 e. The maximum absolute atomic E-state index is 12.2. The molecular weight excluding hydrogens is 280 g/mol. The van der Waals surface area contributed by atoms with Crippen LogP contribution in [0.2, 0.25) is 0 Å². The van der Waals surface area contributed by atoms with Gasteiger partial charge in [0.25, 0.3) is 5.56 Å². The molecule has 22 heavy (non-hydrogen) atoms. The topological polar surface area (TPSA) is 71.1 Å². The number of hydrogen-bond acceptors (Lipinski definition) is 5. The van der Waals surface area contributed by atoms with Crippen LogP contribution in [0.3, 0.4) is 0 Å². The molecule has 112 valence electrons. The summed E-state index contributed by atoms with van der Waals surface area (Å²) in [6.07, 6.45) is 1.52. The van der Waals surface area contributed by atoms with Crippen LogP contribution in [0.4, 0.5) is 0 Å². The predicted octanol–water partition coefficient (Wildman–Crippen LogP) is 1.30. The minimum Gasteiger partial charge on any atom is -0.379 e. The first-order valence-corrected chi connectivity index (χ1v) is 7.37. The lowest BCUT2D eigenvalue weighted by atomic mass is 10.1. The average molecular weight is 296 g/mol. The fourth-order valence-electron chi connectivity index (χ4n) is 2.96. The van der Waals surface area contributed by atoms with E-state index in [-0.39, 0.29) is 5.56 Å². The molecule has 1 N–H and O–H groups in total. The number of rotatable bonds is 2. The Labute approximate surface area is 126 Å². The summed E-state index contributed by atoms with van der Waals surface area (Å²) in [5.74, 6) is 0. The first-order chi connectivity index (χ1) is 10.8. The Bertz CT molecular complexity index is 884. The van der Waals surface area contributed by atoms with Gasteiger partial charge in [-0.25, -0.2) is 9.97 Å². The molecule has 0 saturated carbocycles. The van der Waals surface area contributed by atoms with Gasteiger partial charge in [-0.15, -0.1) is 0 Å². The van der Waals surface area contributed by atoms with E-state index in [1.165, 1.54) is 6.33 Å². The Hall–Kier alpha value is -2.31. The van der Waals surface area contributed by atoms with Gasteiger partial charge in [0.2, 0.25) is 0 Å². The van der Waals surface area contributed by atoms with E-state index in [0.29, 0.717) is 11.0 Å². The Morgan fingerprint density at radius 2 is 1.91 bits per heavy atom. The summed E-state index contributed by atoms with van der Waals surface area (Å²) in [6.45, 7) is 4.03. The van der Waals surface area contributed by atoms with Gasteiger partial charge in [-0.3, -0.25) is 9.69 Å². The summed E-state index contributed by atoms with van der Waals surface area (Å²) < 4.78 is 5.39. The van der Waals surface area contributed by atoms with Crippen LogP contribution in [0.1, 0.15) is 5.69 Å². The normalized spacial score (nSPS) is 16.4. The Morgan fingerprint density at radius 3 is 2.73 bits per heavy atom. The molecule has 0 spiro atoms. The van der Waals surface area contributed by atoms with E-state index in [1.807, 2.05) is 24.3 Å². The molecule has 3 aromatic rings. The van der Waals surface area contributed by atoms with Gasteiger partial charge in [0.1, 0.15) is 12.0 Å². The highest BCUT2D eigenvalue weighted by Crippen LogP contribution is 2.23. The second kappa shape index (κ2) is 5.47. The molecule has 3 heterocycles. The van der Waals surface area contributed by atoms with Gasteiger partial charge in [-0.1, -0.05) is 18.2 Å². The van der Waals surface area contributed by atoms with Crippen molar-refractivity contribution in [3.8, 4) is 0 Å². The number of H-pyrrole nitrogens is 1. The molecule has 1 aliphatic rings. The number of ether oxygens (including phenoxy) is 1. The van der Waals surface area contributed by atoms with E-state index >= 15 is 0 Å². The zero-order valence-electron chi connectivity index (χ0n) is 12.1. The molecule has 0 radical (unpaired) electrons. The minimum absolute atomic E-state index is 0.112. The summed E-state index contributed by atoms with van der Waals surface area (Å²) in [4.78, 5) is 26.0. The smallest absolute Gasteiger partial charge is 0.257 e. The molecule has 6 nitrogen and oxygen atoms in total. The van der Waals surface area contributed by atoms with Crippen molar-refractivity contribution in [2.75, 3.05) is 26.3 Å². The lowest BCUT2D eigenvalue weighted by Crippen LogP contribution is -2.36. The number of aromatic amines is 1. The fraction of sp³-hybridized carbons (Fsp3) is 0.312. The van der Waals surface area contributed by atoms with Gasteiger partial charge < -0.3 is 9.72 Å². The van der Waals surface area contributed by atoms with Gasteiger partial charge in [0.15, 0.2) is 0 Å². The molecule has 0 atom stereocenters. The van der Waals surface area contributed by atoms with Gasteiger partial charge in [-0.05, 0) is 6.07 Å². The number of fused-ring (bicyclic) bond motifs is 3. The Kier molecular flexibility index (Phi) is 3.32. The van der Waals surface area contributed by atoms with Gasteiger partial charge in [-0.2, -0.15) is 0 Å². The largest absolute Gasteiger partial charge is 0.379 e. The number of benzene rings is 1. The fourth-order valence-corrected chi connectivity index (χ4v) is 2.96. The first kappa shape index (κ1) is 13.4. The van der Waals surface area contributed by atoms with E-state index in [9.17, 15) is 4.79 Å². The lowest BCUT2D eigenvalue weighted by Gasteiger charge is -2.26. The van der Waals surface area contributed by atoms with E-state index in [2.05, 4.69) is 19.9 Å². The highest BCUT2D eigenvalue weighted by Gasteiger charge is 2.16. The van der Waals surface area contributed by atoms with Gasteiger partial charge in [0.05, 0.1) is 18.9 Å². The number of aromatic nitrogens is 3. The van der Waals surface area contributed by atoms with Crippen molar-refractivity contribution in [3.05, 3.63) is 46.6 Å². The minimum atomic E-state index is -0.112. The van der Waals surface area contributed by atoms with E-state index in [4.69, 9.17) is 4.74 Å². The van der Waals surface area contributed by atoms with Crippen molar-refractivity contribution < 1.29 is 4.74 Å². The third-order valence-electron chi connectivity index (χ3n) is 4.08. The van der Waals surface area contributed by atoms with Crippen LogP contribution in [-0.4, -0.2) is 46.2 Å². The van der Waals surface area contributed by atoms with E-state index in [1.54, 1.807) is 0 Å². The van der Waals surface area contributed by atoms with Crippen LogP contribution in [0.15, 0.2) is 35.4 Å². The molecule has 4 rings (SSSR count). The zero-order valence-corrected chi connectivity index (χ0v) is 12.1. The third-order valence-corrected chi connectivity index (χ3v) is 4.08. The lowest BCUT2D eigenvalue weighted by molar-refractivity contribution is 0.0338. The number of morpholine rings is 1. The van der Waals surface area contributed by atoms with E-state index in [0.717, 1.165) is 49.3 Å². The third kappa shape index (κ3) is 2.26. The van der Waals surface area contributed by atoms with Crippen LogP contribution in [-0.2, 0) is 11.3 Å². The summed E-state index contributed by atoms with van der Waals surface area (Å²) in [6, 6.07) is 7.60. The quantitative estimate of drug-likeness (QED) is 0.722. The van der Waals surface area contributed by atoms with Crippen molar-refractivity contribution in [3.63, 3.8) is 0 Å². The Balaban J connectivity index is 1.91. The second-order valence-corrected chi connectivity index (χ2v) is 5.43. The van der Waals surface area contributed by atoms with Gasteiger partial charge in [0, 0.05) is 35.8 Å². The number of nitrogens with one attached hydrogen (secondary N) is 1. The molecule has 1 saturated heterocycles. The van der Waals surface area contributed by atoms with E-state index < -0.39 is 0 Å². The summed E-state index contributed by atoms with van der Waals surface area (Å²) in [5.41, 5.74) is 1.43. The van der Waals surface area contributed by atoms with Crippen molar-refractivity contribution in [1.29, 1.82) is 0 Å². The molecule has 6 heteroatoms. The van der Waals surface area contributed by atoms with Crippen LogP contribution in [0, 0.1) is 0 Å². The number of pyridine rings is 1. The van der Waals surface area contributed by atoms with Gasteiger partial charge >= 0.3 is 0 Å². The summed E-state index contributed by atoms with van der Waals surface area (Å²) >= 11 is 0. The molecule has 0 amide bonds. The van der Waals surface area contributed by atoms with Crippen molar-refractivity contribution in [2.45, 2.75) is 6.54 Å². The number of nitrogens with zero attached hydrogens (tertiary/aromatic N) is 3. The van der Waals surface area contributed by atoms with Crippen molar-refractivity contribution >= 4 is 21.8 Å². The molecule has 0 unspecified atom stereocenters. The van der Waals surface area contributed by atoms with Crippen LogP contribution in [0.25, 0.3) is 21.8 Å². The summed E-state index contributed by atoms with van der Waals surface area (Å²) in [7, 11) is 0. The monoisotopic (exact) mass is 296 g/mol. The van der Waals surface area contributed by atoms with Crippen molar-refractivity contribution in [2.24, 2.45) is 0 Å². The molecule has 0 aliphatic carbocycles. The van der Waals surface area contributed by atoms with Crippen LogP contribution < -0.4 is 5.56 Å². The maximum atomic E-state index is 12.2. The highest BCUT2D eigenvalue weighted by molar-refractivity contribution is 6.05.